The summed E-state index contributed by atoms with van der Waals surface area (Å²) in [5.41, 5.74) is 0.619. The topological polar surface area (TPSA) is 94.2 Å². The number of ether oxygens (including phenoxy) is 3. The van der Waals surface area contributed by atoms with Crippen molar-refractivity contribution in [2.24, 2.45) is 0 Å². The molecule has 2 rings (SSSR count). The number of halogens is 1. The summed E-state index contributed by atoms with van der Waals surface area (Å²) in [6.45, 7) is 1.22. The standard InChI is InChI=1S/C20H25FN2O6S/c1-5-23(30(25,26)19-11-14(21)9-10-18(19)29-4)13-20(24)22-12-15-16(27-2)7-6-8-17(15)28-3/h6-11H,5,12-13H2,1-4H3,(H,22,24). The highest BCUT2D eigenvalue weighted by molar-refractivity contribution is 7.89. The summed E-state index contributed by atoms with van der Waals surface area (Å²) in [7, 11) is 0.121. The molecule has 0 unspecified atom stereocenters. The Labute approximate surface area is 175 Å². The van der Waals surface area contributed by atoms with E-state index in [1.807, 2.05) is 0 Å². The number of amides is 1. The second kappa shape index (κ2) is 10.3. The van der Waals surface area contributed by atoms with Crippen LogP contribution in [0.2, 0.25) is 0 Å². The third-order valence-electron chi connectivity index (χ3n) is 4.41. The second-order valence-electron chi connectivity index (χ2n) is 6.14. The maximum absolute atomic E-state index is 13.7. The molecule has 0 atom stereocenters. The average molecular weight is 440 g/mol. The maximum atomic E-state index is 13.7. The molecule has 8 nitrogen and oxygen atoms in total. The van der Waals surface area contributed by atoms with E-state index in [1.54, 1.807) is 25.1 Å². The third-order valence-corrected chi connectivity index (χ3v) is 6.35. The summed E-state index contributed by atoms with van der Waals surface area (Å²) in [6, 6.07) is 8.40. The van der Waals surface area contributed by atoms with E-state index in [0.29, 0.717) is 17.1 Å². The van der Waals surface area contributed by atoms with Gasteiger partial charge in [-0.1, -0.05) is 13.0 Å². The minimum absolute atomic E-state index is 0.00554. The molecule has 164 valence electrons. The summed E-state index contributed by atoms with van der Waals surface area (Å²) >= 11 is 0. The Kier molecular flexibility index (Phi) is 8.01. The lowest BCUT2D eigenvalue weighted by molar-refractivity contribution is -0.121. The van der Waals surface area contributed by atoms with Crippen LogP contribution in [0.4, 0.5) is 4.39 Å². The molecule has 0 radical (unpaired) electrons. The van der Waals surface area contributed by atoms with Crippen LogP contribution in [0.1, 0.15) is 12.5 Å². The number of hydrogen-bond donors (Lipinski definition) is 1. The molecule has 0 bridgehead atoms. The van der Waals surface area contributed by atoms with Gasteiger partial charge in [-0.05, 0) is 30.3 Å². The van der Waals surface area contributed by atoms with Crippen molar-refractivity contribution in [1.82, 2.24) is 9.62 Å². The lowest BCUT2D eigenvalue weighted by Gasteiger charge is -2.21. The SMILES string of the molecule is CCN(CC(=O)NCc1c(OC)cccc1OC)S(=O)(=O)c1cc(F)ccc1OC. The third kappa shape index (κ3) is 5.19. The molecule has 0 spiro atoms. The van der Waals surface area contributed by atoms with Crippen LogP contribution in [0.5, 0.6) is 17.2 Å². The van der Waals surface area contributed by atoms with Crippen molar-refractivity contribution in [2.45, 2.75) is 18.4 Å². The highest BCUT2D eigenvalue weighted by Crippen LogP contribution is 2.29. The summed E-state index contributed by atoms with van der Waals surface area (Å²) in [5.74, 6) is -0.214. The lowest BCUT2D eigenvalue weighted by atomic mass is 10.1. The second-order valence-corrected chi connectivity index (χ2v) is 8.05. The van der Waals surface area contributed by atoms with Crippen LogP contribution in [-0.4, -0.2) is 53.0 Å². The molecule has 0 saturated heterocycles. The first-order valence-corrected chi connectivity index (χ1v) is 10.5. The van der Waals surface area contributed by atoms with E-state index in [9.17, 15) is 17.6 Å². The van der Waals surface area contributed by atoms with Gasteiger partial charge in [-0.2, -0.15) is 4.31 Å². The molecule has 10 heteroatoms. The predicted molar refractivity (Wildman–Crippen MR) is 109 cm³/mol. The quantitative estimate of drug-likeness (QED) is 0.609. The van der Waals surface area contributed by atoms with Crippen molar-refractivity contribution in [1.29, 1.82) is 0 Å². The molecule has 0 aliphatic rings. The van der Waals surface area contributed by atoms with Crippen LogP contribution in [0.25, 0.3) is 0 Å². The van der Waals surface area contributed by atoms with Crippen LogP contribution in [0, 0.1) is 5.82 Å². The van der Waals surface area contributed by atoms with Gasteiger partial charge < -0.3 is 19.5 Å². The zero-order chi connectivity index (χ0) is 22.3. The lowest BCUT2D eigenvalue weighted by Crippen LogP contribution is -2.40. The van der Waals surface area contributed by atoms with Gasteiger partial charge in [0.15, 0.2) is 0 Å². The first-order chi connectivity index (χ1) is 14.3. The largest absolute Gasteiger partial charge is 0.496 e. The van der Waals surface area contributed by atoms with Gasteiger partial charge in [-0.3, -0.25) is 4.79 Å². The highest BCUT2D eigenvalue weighted by atomic mass is 32.2. The number of nitrogens with zero attached hydrogens (tertiary/aromatic N) is 1. The van der Waals surface area contributed by atoms with Crippen LogP contribution >= 0.6 is 0 Å². The first-order valence-electron chi connectivity index (χ1n) is 9.08. The van der Waals surface area contributed by atoms with Gasteiger partial charge in [0.05, 0.1) is 40.0 Å². The van der Waals surface area contributed by atoms with Gasteiger partial charge in [0.1, 0.15) is 28.0 Å². The van der Waals surface area contributed by atoms with E-state index >= 15 is 0 Å². The monoisotopic (exact) mass is 440 g/mol. The van der Waals surface area contributed by atoms with Crippen LogP contribution in [-0.2, 0) is 21.4 Å². The zero-order valence-corrected chi connectivity index (χ0v) is 18.1. The minimum atomic E-state index is -4.16. The van der Waals surface area contributed by atoms with Gasteiger partial charge in [0.25, 0.3) is 0 Å². The molecule has 1 amide bonds. The normalized spacial score (nSPS) is 11.3. The number of carbonyl (C=O) groups excluding carboxylic acids is 1. The minimum Gasteiger partial charge on any atom is -0.496 e. The molecule has 0 saturated carbocycles. The number of benzene rings is 2. The van der Waals surface area contributed by atoms with Crippen molar-refractivity contribution in [3.63, 3.8) is 0 Å². The summed E-state index contributed by atoms with van der Waals surface area (Å²) in [6.07, 6.45) is 0. The Morgan fingerprint density at radius 1 is 1.03 bits per heavy atom. The molecule has 0 aliphatic carbocycles. The van der Waals surface area contributed by atoms with E-state index in [0.717, 1.165) is 16.4 Å². The summed E-state index contributed by atoms with van der Waals surface area (Å²) in [4.78, 5) is 12.1. The maximum Gasteiger partial charge on any atom is 0.247 e. The smallest absolute Gasteiger partial charge is 0.247 e. The molecule has 0 aromatic heterocycles. The number of carbonyl (C=O) groups is 1. The van der Waals surface area contributed by atoms with Gasteiger partial charge >= 0.3 is 0 Å². The number of methoxy groups -OCH3 is 3. The Balaban J connectivity index is 2.19. The zero-order valence-electron chi connectivity index (χ0n) is 17.3. The summed E-state index contributed by atoms with van der Waals surface area (Å²) in [5, 5.41) is 2.67. The average Bonchev–Trinajstić information content (AvgIpc) is 2.75. The number of rotatable bonds is 10. The van der Waals surface area contributed by atoms with Crippen molar-refractivity contribution in [3.8, 4) is 17.2 Å². The molecular weight excluding hydrogens is 415 g/mol. The van der Waals surface area contributed by atoms with Crippen molar-refractivity contribution < 1.29 is 31.8 Å². The van der Waals surface area contributed by atoms with E-state index < -0.39 is 28.3 Å². The van der Waals surface area contributed by atoms with E-state index in [-0.39, 0.29) is 23.7 Å². The molecule has 1 N–H and O–H groups in total. The molecular formula is C20H25FN2O6S. The van der Waals surface area contributed by atoms with Gasteiger partial charge in [-0.15, -0.1) is 0 Å². The number of likely N-dealkylation sites (N-methyl/N-ethyl adjacent to an activating group) is 1. The van der Waals surface area contributed by atoms with Gasteiger partial charge in [0, 0.05) is 6.54 Å². The van der Waals surface area contributed by atoms with Crippen LogP contribution < -0.4 is 19.5 Å². The van der Waals surface area contributed by atoms with E-state index in [2.05, 4.69) is 5.32 Å². The fourth-order valence-electron chi connectivity index (χ4n) is 2.86. The molecule has 0 heterocycles. The molecule has 30 heavy (non-hydrogen) atoms. The van der Waals surface area contributed by atoms with Crippen molar-refractivity contribution >= 4 is 15.9 Å². The van der Waals surface area contributed by atoms with E-state index in [1.165, 1.54) is 27.4 Å². The Bertz CT molecular complexity index is 975. The van der Waals surface area contributed by atoms with Crippen LogP contribution in [0.3, 0.4) is 0 Å². The van der Waals surface area contributed by atoms with Crippen molar-refractivity contribution in [2.75, 3.05) is 34.4 Å². The summed E-state index contributed by atoms with van der Waals surface area (Å²) < 4.78 is 56.1. The molecule has 2 aromatic rings. The van der Waals surface area contributed by atoms with Gasteiger partial charge in [0.2, 0.25) is 15.9 Å². The highest BCUT2D eigenvalue weighted by Gasteiger charge is 2.29. The number of hydrogen-bond acceptors (Lipinski definition) is 6. The van der Waals surface area contributed by atoms with Crippen molar-refractivity contribution in [3.05, 3.63) is 47.8 Å². The van der Waals surface area contributed by atoms with Crippen LogP contribution in [0.15, 0.2) is 41.3 Å². The fourth-order valence-corrected chi connectivity index (χ4v) is 4.44. The number of sulfonamides is 1. The molecule has 2 aromatic carbocycles. The van der Waals surface area contributed by atoms with E-state index in [4.69, 9.17) is 14.2 Å². The predicted octanol–water partition coefficient (Wildman–Crippen LogP) is 2.18. The Morgan fingerprint density at radius 3 is 2.17 bits per heavy atom. The first kappa shape index (κ1) is 23.4. The van der Waals surface area contributed by atoms with Gasteiger partial charge in [-0.25, -0.2) is 12.8 Å². The Morgan fingerprint density at radius 2 is 1.63 bits per heavy atom. The number of nitrogens with one attached hydrogen (secondary N) is 1. The molecule has 0 fully saturated rings. The molecule has 0 aliphatic heterocycles. The Hall–Kier alpha value is -2.85. The fraction of sp³-hybridized carbons (Fsp3) is 0.350.